The minimum atomic E-state index is 0. The van der Waals surface area contributed by atoms with Crippen LogP contribution in [-0.2, 0) is 17.9 Å². The van der Waals surface area contributed by atoms with E-state index in [-0.39, 0.29) is 36.8 Å². The van der Waals surface area contributed by atoms with Gasteiger partial charge in [-0.25, -0.2) is 0 Å². The number of carbonyl (C=O) groups excluding carboxylic acids is 1. The van der Waals surface area contributed by atoms with Crippen molar-refractivity contribution in [1.29, 1.82) is 0 Å². The Morgan fingerprint density at radius 3 is 2.58 bits per heavy atom. The van der Waals surface area contributed by atoms with E-state index in [1.807, 2.05) is 0 Å². The number of amides is 1. The van der Waals surface area contributed by atoms with Crippen LogP contribution in [0.5, 0.6) is 0 Å². The topological polar surface area (TPSA) is 44.4 Å². The summed E-state index contributed by atoms with van der Waals surface area (Å²) >= 11 is 0. The number of hydrogen-bond acceptors (Lipinski definition) is 3. The molecule has 2 aliphatic heterocycles. The Hall–Kier alpha value is -0.810. The molecule has 0 bridgehead atoms. The zero-order valence-electron chi connectivity index (χ0n) is 14.1. The number of nitrogens with one attached hydrogen (secondary N) is 2. The number of halogens is 2. The number of piperidine rings is 1. The molecular formula is C18H29Cl2N3O. The van der Waals surface area contributed by atoms with Crippen molar-refractivity contribution >= 4 is 30.7 Å². The van der Waals surface area contributed by atoms with Gasteiger partial charge in [0.15, 0.2) is 0 Å². The van der Waals surface area contributed by atoms with Gasteiger partial charge in [-0.05, 0) is 56.4 Å². The van der Waals surface area contributed by atoms with Crippen molar-refractivity contribution in [1.82, 2.24) is 15.5 Å². The summed E-state index contributed by atoms with van der Waals surface area (Å²) in [6.07, 6.45) is 5.94. The smallest absolute Gasteiger partial charge is 0.237 e. The van der Waals surface area contributed by atoms with Gasteiger partial charge in [-0.1, -0.05) is 30.7 Å². The van der Waals surface area contributed by atoms with Crippen LogP contribution in [0.1, 0.15) is 43.2 Å². The Morgan fingerprint density at radius 2 is 1.88 bits per heavy atom. The lowest BCUT2D eigenvalue weighted by Crippen LogP contribution is -2.46. The lowest BCUT2D eigenvalue weighted by Gasteiger charge is -2.22. The minimum absolute atomic E-state index is 0. The predicted molar refractivity (Wildman–Crippen MR) is 103 cm³/mol. The fourth-order valence-electron chi connectivity index (χ4n) is 3.42. The van der Waals surface area contributed by atoms with Gasteiger partial charge in [0.1, 0.15) is 0 Å². The first kappa shape index (κ1) is 21.2. The number of likely N-dealkylation sites (tertiary alicyclic amines) is 1. The molecule has 2 heterocycles. The van der Waals surface area contributed by atoms with E-state index in [0.29, 0.717) is 6.54 Å². The summed E-state index contributed by atoms with van der Waals surface area (Å²) in [4.78, 5) is 14.7. The van der Waals surface area contributed by atoms with Gasteiger partial charge in [0, 0.05) is 13.1 Å². The van der Waals surface area contributed by atoms with Crippen LogP contribution in [0.2, 0.25) is 0 Å². The van der Waals surface area contributed by atoms with Crippen LogP contribution in [0.25, 0.3) is 0 Å². The van der Waals surface area contributed by atoms with Crippen LogP contribution in [0.15, 0.2) is 24.3 Å². The van der Waals surface area contributed by atoms with Gasteiger partial charge in [-0.15, -0.1) is 24.8 Å². The Kier molecular flexibility index (Phi) is 9.67. The normalized spacial score (nSPS) is 20.8. The molecule has 2 aliphatic rings. The summed E-state index contributed by atoms with van der Waals surface area (Å²) in [6, 6.07) is 8.62. The molecule has 24 heavy (non-hydrogen) atoms. The number of benzene rings is 1. The van der Waals surface area contributed by atoms with E-state index in [4.69, 9.17) is 0 Å². The molecule has 0 radical (unpaired) electrons. The Bertz CT molecular complexity index is 501. The molecule has 2 N–H and O–H groups in total. The zero-order valence-corrected chi connectivity index (χ0v) is 15.8. The Balaban J connectivity index is 0.00000144. The van der Waals surface area contributed by atoms with Crippen molar-refractivity contribution in [2.45, 2.75) is 51.2 Å². The minimum Gasteiger partial charge on any atom is -0.351 e. The molecule has 1 aromatic rings. The van der Waals surface area contributed by atoms with E-state index < -0.39 is 0 Å². The molecule has 0 aromatic heterocycles. The van der Waals surface area contributed by atoms with Gasteiger partial charge >= 0.3 is 0 Å². The van der Waals surface area contributed by atoms with Crippen molar-refractivity contribution in [2.75, 3.05) is 19.6 Å². The summed E-state index contributed by atoms with van der Waals surface area (Å²) < 4.78 is 0. The molecular weight excluding hydrogens is 345 g/mol. The molecule has 0 aliphatic carbocycles. The summed E-state index contributed by atoms with van der Waals surface area (Å²) in [5.41, 5.74) is 2.55. The van der Waals surface area contributed by atoms with Crippen molar-refractivity contribution < 1.29 is 4.79 Å². The summed E-state index contributed by atoms with van der Waals surface area (Å²) in [6.45, 7) is 5.06. The SMILES string of the molecule is Cl.Cl.O=C(NCc1cccc(CN2CCCC2)c1)[C@H]1CCCCN1. The standard InChI is InChI=1S/C18H27N3O.2ClH/c22-18(17-8-1-2-9-19-17)20-13-15-6-5-7-16(12-15)14-21-10-3-4-11-21;;/h5-7,12,17,19H,1-4,8-11,13-14H2,(H,20,22);2*1H/t17-;;/m1../s1. The van der Waals surface area contributed by atoms with Gasteiger partial charge < -0.3 is 10.6 Å². The molecule has 0 spiro atoms. The first-order valence-electron chi connectivity index (χ1n) is 8.62. The second-order valence-corrected chi connectivity index (χ2v) is 6.52. The third kappa shape index (κ3) is 6.25. The van der Waals surface area contributed by atoms with Crippen molar-refractivity contribution in [3.63, 3.8) is 0 Å². The van der Waals surface area contributed by atoms with E-state index in [9.17, 15) is 4.79 Å². The Morgan fingerprint density at radius 1 is 1.12 bits per heavy atom. The second-order valence-electron chi connectivity index (χ2n) is 6.52. The van der Waals surface area contributed by atoms with Crippen LogP contribution < -0.4 is 10.6 Å². The number of rotatable bonds is 5. The molecule has 4 nitrogen and oxygen atoms in total. The maximum Gasteiger partial charge on any atom is 0.237 e. The molecule has 1 aromatic carbocycles. The van der Waals surface area contributed by atoms with E-state index >= 15 is 0 Å². The third-order valence-electron chi connectivity index (χ3n) is 4.69. The maximum absolute atomic E-state index is 12.2. The number of hydrogen-bond donors (Lipinski definition) is 2. The lowest BCUT2D eigenvalue weighted by molar-refractivity contribution is -0.123. The molecule has 3 rings (SSSR count). The monoisotopic (exact) mass is 373 g/mol. The number of carbonyl (C=O) groups is 1. The molecule has 136 valence electrons. The average Bonchev–Trinajstić information content (AvgIpc) is 3.07. The highest BCUT2D eigenvalue weighted by atomic mass is 35.5. The quantitative estimate of drug-likeness (QED) is 0.833. The summed E-state index contributed by atoms with van der Waals surface area (Å²) in [5.74, 6) is 0.143. The highest BCUT2D eigenvalue weighted by molar-refractivity contribution is 5.85. The third-order valence-corrected chi connectivity index (χ3v) is 4.69. The first-order valence-corrected chi connectivity index (χ1v) is 8.62. The van der Waals surface area contributed by atoms with Gasteiger partial charge in [0.05, 0.1) is 6.04 Å². The summed E-state index contributed by atoms with van der Waals surface area (Å²) in [7, 11) is 0. The van der Waals surface area contributed by atoms with Gasteiger partial charge in [-0.3, -0.25) is 9.69 Å². The van der Waals surface area contributed by atoms with E-state index in [1.54, 1.807) is 0 Å². The van der Waals surface area contributed by atoms with Gasteiger partial charge in [-0.2, -0.15) is 0 Å². The highest BCUT2D eigenvalue weighted by Crippen LogP contribution is 2.14. The molecule has 0 unspecified atom stereocenters. The maximum atomic E-state index is 12.2. The van der Waals surface area contributed by atoms with Crippen LogP contribution in [0.4, 0.5) is 0 Å². The molecule has 2 saturated heterocycles. The molecule has 6 heteroatoms. The van der Waals surface area contributed by atoms with E-state index in [0.717, 1.165) is 25.9 Å². The van der Waals surface area contributed by atoms with Crippen molar-refractivity contribution in [3.8, 4) is 0 Å². The first-order chi connectivity index (χ1) is 10.8. The predicted octanol–water partition coefficient (Wildman–Crippen LogP) is 2.88. The molecule has 1 amide bonds. The van der Waals surface area contributed by atoms with Crippen molar-refractivity contribution in [3.05, 3.63) is 35.4 Å². The fraction of sp³-hybridized carbons (Fsp3) is 0.611. The fourth-order valence-corrected chi connectivity index (χ4v) is 3.42. The second kappa shape index (κ2) is 10.9. The number of nitrogens with zero attached hydrogens (tertiary/aromatic N) is 1. The van der Waals surface area contributed by atoms with Crippen LogP contribution in [-0.4, -0.2) is 36.5 Å². The highest BCUT2D eigenvalue weighted by Gasteiger charge is 2.19. The Labute approximate surface area is 157 Å². The van der Waals surface area contributed by atoms with Crippen LogP contribution in [0.3, 0.4) is 0 Å². The van der Waals surface area contributed by atoms with Crippen LogP contribution in [0, 0.1) is 0 Å². The molecule has 1 atom stereocenters. The largest absolute Gasteiger partial charge is 0.351 e. The molecule has 2 fully saturated rings. The average molecular weight is 374 g/mol. The van der Waals surface area contributed by atoms with Crippen LogP contribution >= 0.6 is 24.8 Å². The van der Waals surface area contributed by atoms with Gasteiger partial charge in [0.25, 0.3) is 0 Å². The molecule has 0 saturated carbocycles. The summed E-state index contributed by atoms with van der Waals surface area (Å²) in [5, 5.41) is 6.37. The van der Waals surface area contributed by atoms with Crippen molar-refractivity contribution in [2.24, 2.45) is 0 Å². The zero-order chi connectivity index (χ0) is 15.2. The van der Waals surface area contributed by atoms with E-state index in [2.05, 4.69) is 39.8 Å². The van der Waals surface area contributed by atoms with E-state index in [1.165, 1.54) is 43.5 Å². The lowest BCUT2D eigenvalue weighted by atomic mass is 10.0. The van der Waals surface area contributed by atoms with Gasteiger partial charge in [0.2, 0.25) is 5.91 Å².